The monoisotopic (exact) mass is 346 g/mol. The number of hydrogen-bond donors (Lipinski definition) is 1. The van der Waals surface area contributed by atoms with Gasteiger partial charge in [0, 0.05) is 23.5 Å². The number of nitrogens with zero attached hydrogens (tertiary/aromatic N) is 1. The third-order valence-electron chi connectivity index (χ3n) is 6.32. The van der Waals surface area contributed by atoms with Crippen LogP contribution >= 0.6 is 11.6 Å². The van der Waals surface area contributed by atoms with Gasteiger partial charge in [0.15, 0.2) is 0 Å². The molecule has 3 atom stereocenters. The maximum atomic E-state index is 12.6. The zero-order valence-electron chi connectivity index (χ0n) is 14.2. The minimum absolute atomic E-state index is 0.208. The number of benzene rings is 1. The molecule has 2 saturated carbocycles. The van der Waals surface area contributed by atoms with Gasteiger partial charge in [0.2, 0.25) is 5.91 Å². The second-order valence-corrected chi connectivity index (χ2v) is 8.41. The highest BCUT2D eigenvalue weighted by molar-refractivity contribution is 6.30. The highest BCUT2D eigenvalue weighted by Gasteiger charge is 2.40. The zero-order chi connectivity index (χ0) is 16.5. The van der Waals surface area contributed by atoms with Gasteiger partial charge in [-0.15, -0.1) is 0 Å². The molecule has 1 aromatic carbocycles. The van der Waals surface area contributed by atoms with E-state index in [2.05, 4.69) is 16.3 Å². The van der Waals surface area contributed by atoms with Gasteiger partial charge >= 0.3 is 0 Å². The number of likely N-dealkylation sites (tertiary alicyclic amines) is 1. The van der Waals surface area contributed by atoms with Crippen molar-refractivity contribution >= 4 is 17.5 Å². The number of amides is 1. The van der Waals surface area contributed by atoms with Crippen LogP contribution < -0.4 is 5.32 Å². The number of carbonyl (C=O) groups excluding carboxylic acids is 1. The van der Waals surface area contributed by atoms with Gasteiger partial charge in [0.25, 0.3) is 0 Å². The van der Waals surface area contributed by atoms with Crippen LogP contribution in [-0.2, 0) is 11.3 Å². The molecular weight excluding hydrogens is 320 g/mol. The molecule has 1 heterocycles. The predicted molar refractivity (Wildman–Crippen MR) is 96.8 cm³/mol. The highest BCUT2D eigenvalue weighted by Crippen LogP contribution is 2.44. The van der Waals surface area contributed by atoms with Crippen molar-refractivity contribution in [1.29, 1.82) is 0 Å². The topological polar surface area (TPSA) is 32.3 Å². The molecule has 0 unspecified atom stereocenters. The summed E-state index contributed by atoms with van der Waals surface area (Å²) in [4.78, 5) is 15.0. The molecule has 1 N–H and O–H groups in total. The summed E-state index contributed by atoms with van der Waals surface area (Å²) in [7, 11) is 0. The summed E-state index contributed by atoms with van der Waals surface area (Å²) >= 11 is 6.06. The molecule has 3 fully saturated rings. The van der Waals surface area contributed by atoms with Crippen molar-refractivity contribution in [3.8, 4) is 0 Å². The summed E-state index contributed by atoms with van der Waals surface area (Å²) in [5.41, 5.74) is 1.26. The Morgan fingerprint density at radius 2 is 2.00 bits per heavy atom. The number of rotatable bonds is 4. The van der Waals surface area contributed by atoms with Gasteiger partial charge in [0.05, 0.1) is 0 Å². The van der Waals surface area contributed by atoms with Crippen LogP contribution in [0.2, 0.25) is 5.02 Å². The van der Waals surface area contributed by atoms with Crippen molar-refractivity contribution in [2.24, 2.45) is 17.8 Å². The minimum atomic E-state index is 0.208. The Kier molecular flexibility index (Phi) is 4.82. The van der Waals surface area contributed by atoms with Crippen molar-refractivity contribution in [2.45, 2.75) is 51.1 Å². The first-order chi connectivity index (χ1) is 11.7. The molecule has 3 nitrogen and oxygen atoms in total. The van der Waals surface area contributed by atoms with Gasteiger partial charge in [0.1, 0.15) is 0 Å². The van der Waals surface area contributed by atoms with E-state index in [1.54, 1.807) is 0 Å². The number of fused-ring (bicyclic) bond motifs is 2. The van der Waals surface area contributed by atoms with Gasteiger partial charge in [-0.1, -0.05) is 30.2 Å². The van der Waals surface area contributed by atoms with Crippen LogP contribution in [-0.4, -0.2) is 29.9 Å². The molecule has 1 amide bonds. The first-order valence-electron chi connectivity index (χ1n) is 9.44. The summed E-state index contributed by atoms with van der Waals surface area (Å²) < 4.78 is 0. The van der Waals surface area contributed by atoms with Gasteiger partial charge in [-0.3, -0.25) is 9.69 Å². The lowest BCUT2D eigenvalue weighted by Gasteiger charge is -2.32. The lowest BCUT2D eigenvalue weighted by molar-refractivity contribution is -0.127. The number of carbonyl (C=O) groups is 1. The lowest BCUT2D eigenvalue weighted by Crippen LogP contribution is -2.45. The summed E-state index contributed by atoms with van der Waals surface area (Å²) in [6.07, 6.45) is 7.25. The fourth-order valence-corrected chi connectivity index (χ4v) is 5.18. The number of halogens is 1. The Bertz CT molecular complexity index is 597. The van der Waals surface area contributed by atoms with Crippen LogP contribution in [0.3, 0.4) is 0 Å². The molecule has 1 aromatic rings. The standard InChI is InChI=1S/C20H27ClN2O/c21-18-3-1-2-15(11-18)13-23-8-6-16(7-9-23)20(24)22-19-12-14-4-5-17(19)10-14/h1-3,11,14,16-17,19H,4-10,12-13H2,(H,22,24)/t14-,17-,19+/m0/s1. The zero-order valence-corrected chi connectivity index (χ0v) is 15.0. The molecule has 1 saturated heterocycles. The first kappa shape index (κ1) is 16.4. The summed E-state index contributed by atoms with van der Waals surface area (Å²) in [6, 6.07) is 8.56. The fraction of sp³-hybridized carbons (Fsp3) is 0.650. The maximum Gasteiger partial charge on any atom is 0.223 e. The second kappa shape index (κ2) is 7.05. The SMILES string of the molecule is O=C(N[C@@H]1C[C@H]2CC[C@H]1C2)C1CCN(Cc2cccc(Cl)c2)CC1. The Balaban J connectivity index is 1.24. The van der Waals surface area contributed by atoms with Gasteiger partial charge in [-0.25, -0.2) is 0 Å². The van der Waals surface area contributed by atoms with Crippen LogP contribution in [0.5, 0.6) is 0 Å². The molecule has 2 aliphatic carbocycles. The van der Waals surface area contributed by atoms with Crippen LogP contribution in [0.25, 0.3) is 0 Å². The smallest absolute Gasteiger partial charge is 0.223 e. The van der Waals surface area contributed by atoms with E-state index in [1.165, 1.54) is 31.2 Å². The van der Waals surface area contributed by atoms with Crippen LogP contribution in [0.4, 0.5) is 0 Å². The minimum Gasteiger partial charge on any atom is -0.353 e. The predicted octanol–water partition coefficient (Wildman–Crippen LogP) is 3.86. The summed E-state index contributed by atoms with van der Waals surface area (Å²) in [5.74, 6) is 2.18. The van der Waals surface area contributed by atoms with Crippen LogP contribution in [0.15, 0.2) is 24.3 Å². The van der Waals surface area contributed by atoms with E-state index in [1.807, 2.05) is 18.2 Å². The van der Waals surface area contributed by atoms with Crippen molar-refractivity contribution in [2.75, 3.05) is 13.1 Å². The summed E-state index contributed by atoms with van der Waals surface area (Å²) in [6.45, 7) is 2.93. The Labute approximate surface area is 149 Å². The molecular formula is C20H27ClN2O. The molecule has 0 radical (unpaired) electrons. The first-order valence-corrected chi connectivity index (χ1v) is 9.82. The fourth-order valence-electron chi connectivity index (χ4n) is 4.97. The third-order valence-corrected chi connectivity index (χ3v) is 6.55. The lowest BCUT2D eigenvalue weighted by atomic mass is 9.92. The molecule has 0 spiro atoms. The Morgan fingerprint density at radius 1 is 1.17 bits per heavy atom. The van der Waals surface area contributed by atoms with Crippen LogP contribution in [0, 0.1) is 17.8 Å². The van der Waals surface area contributed by atoms with E-state index < -0.39 is 0 Å². The highest BCUT2D eigenvalue weighted by atomic mass is 35.5. The molecule has 130 valence electrons. The molecule has 3 aliphatic rings. The molecule has 4 rings (SSSR count). The van der Waals surface area contributed by atoms with Crippen molar-refractivity contribution in [1.82, 2.24) is 10.2 Å². The molecule has 1 aliphatic heterocycles. The molecule has 24 heavy (non-hydrogen) atoms. The van der Waals surface area contributed by atoms with Crippen molar-refractivity contribution in [3.05, 3.63) is 34.9 Å². The van der Waals surface area contributed by atoms with Crippen molar-refractivity contribution in [3.63, 3.8) is 0 Å². The molecule has 2 bridgehead atoms. The van der Waals surface area contributed by atoms with E-state index in [9.17, 15) is 4.79 Å². The molecule has 0 aromatic heterocycles. The maximum absolute atomic E-state index is 12.6. The largest absolute Gasteiger partial charge is 0.353 e. The van der Waals surface area contributed by atoms with E-state index in [4.69, 9.17) is 11.6 Å². The average molecular weight is 347 g/mol. The normalized spacial score (nSPS) is 30.6. The second-order valence-electron chi connectivity index (χ2n) is 7.97. The Hall–Kier alpha value is -1.06. The van der Waals surface area contributed by atoms with Crippen LogP contribution in [0.1, 0.15) is 44.1 Å². The average Bonchev–Trinajstić information content (AvgIpc) is 3.18. The number of piperidine rings is 1. The van der Waals surface area contributed by atoms with E-state index >= 15 is 0 Å². The van der Waals surface area contributed by atoms with Crippen molar-refractivity contribution < 1.29 is 4.79 Å². The van der Waals surface area contributed by atoms with E-state index in [-0.39, 0.29) is 5.92 Å². The van der Waals surface area contributed by atoms with E-state index in [0.29, 0.717) is 11.9 Å². The van der Waals surface area contributed by atoms with Gasteiger partial charge in [-0.05, 0) is 74.7 Å². The van der Waals surface area contributed by atoms with Gasteiger partial charge < -0.3 is 5.32 Å². The molecule has 4 heteroatoms. The van der Waals surface area contributed by atoms with Gasteiger partial charge in [-0.2, -0.15) is 0 Å². The summed E-state index contributed by atoms with van der Waals surface area (Å²) in [5, 5.41) is 4.18. The number of nitrogens with one attached hydrogen (secondary N) is 1. The Morgan fingerprint density at radius 3 is 2.67 bits per heavy atom. The van der Waals surface area contributed by atoms with E-state index in [0.717, 1.165) is 49.3 Å². The quantitative estimate of drug-likeness (QED) is 0.897. The number of hydrogen-bond acceptors (Lipinski definition) is 2. The third kappa shape index (κ3) is 3.62.